The van der Waals surface area contributed by atoms with Crippen molar-refractivity contribution in [3.05, 3.63) is 22.2 Å². The van der Waals surface area contributed by atoms with Crippen molar-refractivity contribution in [1.29, 1.82) is 0 Å². The van der Waals surface area contributed by atoms with Gasteiger partial charge in [0, 0.05) is 19.7 Å². The predicted molar refractivity (Wildman–Crippen MR) is 76.9 cm³/mol. The van der Waals surface area contributed by atoms with Crippen molar-refractivity contribution in [2.75, 3.05) is 24.2 Å². The molecule has 0 radical (unpaired) electrons. The molecule has 7 nitrogen and oxygen atoms in total. The fraction of sp³-hybridized carbons (Fsp3) is 0.615. The van der Waals surface area contributed by atoms with Crippen LogP contribution in [0, 0.1) is 16.0 Å². The number of rotatable bonds is 5. The standard InChI is InChI=1S/C13H20N4O3/c1-14-12-7-6-11(17(19)20)13(16-12)15-8-9-2-4-10(18)5-3-9/h6-7,9-10,18H,2-5,8H2,1H3,(H2,14,15,16). The Morgan fingerprint density at radius 1 is 1.40 bits per heavy atom. The second-order valence-electron chi connectivity index (χ2n) is 5.13. The first kappa shape index (κ1) is 14.5. The molecule has 1 fully saturated rings. The normalized spacial score (nSPS) is 22.3. The van der Waals surface area contributed by atoms with Crippen LogP contribution in [0.25, 0.3) is 0 Å². The third kappa shape index (κ3) is 3.57. The number of hydrogen-bond acceptors (Lipinski definition) is 6. The van der Waals surface area contributed by atoms with Gasteiger partial charge in [-0.3, -0.25) is 10.1 Å². The summed E-state index contributed by atoms with van der Waals surface area (Å²) >= 11 is 0. The van der Waals surface area contributed by atoms with Gasteiger partial charge in [-0.05, 0) is 37.7 Å². The van der Waals surface area contributed by atoms with Gasteiger partial charge in [-0.2, -0.15) is 0 Å². The highest BCUT2D eigenvalue weighted by Crippen LogP contribution is 2.27. The Labute approximate surface area is 117 Å². The summed E-state index contributed by atoms with van der Waals surface area (Å²) in [5.41, 5.74) is -0.0140. The number of hydrogen-bond donors (Lipinski definition) is 3. The summed E-state index contributed by atoms with van der Waals surface area (Å²) in [6.07, 6.45) is 3.30. The molecule has 0 atom stereocenters. The molecule has 0 unspecified atom stereocenters. The number of anilines is 2. The fourth-order valence-electron chi connectivity index (χ4n) is 2.46. The van der Waals surface area contributed by atoms with Crippen molar-refractivity contribution in [3.63, 3.8) is 0 Å². The zero-order valence-electron chi connectivity index (χ0n) is 11.5. The molecule has 20 heavy (non-hydrogen) atoms. The van der Waals surface area contributed by atoms with Crippen LogP contribution in [0.15, 0.2) is 12.1 Å². The predicted octanol–water partition coefficient (Wildman–Crippen LogP) is 1.99. The Morgan fingerprint density at radius 3 is 2.70 bits per heavy atom. The highest BCUT2D eigenvalue weighted by molar-refractivity contribution is 5.60. The monoisotopic (exact) mass is 280 g/mol. The third-order valence-corrected chi connectivity index (χ3v) is 3.70. The van der Waals surface area contributed by atoms with E-state index in [4.69, 9.17) is 0 Å². The number of pyridine rings is 1. The maximum absolute atomic E-state index is 11.0. The minimum absolute atomic E-state index is 0.0140. The highest BCUT2D eigenvalue weighted by atomic mass is 16.6. The lowest BCUT2D eigenvalue weighted by molar-refractivity contribution is -0.384. The van der Waals surface area contributed by atoms with E-state index in [2.05, 4.69) is 15.6 Å². The molecule has 2 rings (SSSR count). The highest BCUT2D eigenvalue weighted by Gasteiger charge is 2.21. The van der Waals surface area contributed by atoms with Gasteiger partial charge >= 0.3 is 5.69 Å². The van der Waals surface area contributed by atoms with Crippen LogP contribution < -0.4 is 10.6 Å². The second kappa shape index (κ2) is 6.51. The molecule has 1 heterocycles. The molecule has 0 aliphatic heterocycles. The molecular formula is C13H20N4O3. The van der Waals surface area contributed by atoms with E-state index in [1.807, 2.05) is 0 Å². The number of aromatic nitrogens is 1. The van der Waals surface area contributed by atoms with Crippen molar-refractivity contribution >= 4 is 17.3 Å². The van der Waals surface area contributed by atoms with E-state index in [1.165, 1.54) is 6.07 Å². The van der Waals surface area contributed by atoms with E-state index < -0.39 is 4.92 Å². The molecule has 1 saturated carbocycles. The molecule has 1 aromatic rings. The van der Waals surface area contributed by atoms with Crippen LogP contribution in [0.5, 0.6) is 0 Å². The summed E-state index contributed by atoms with van der Waals surface area (Å²) in [5.74, 6) is 1.32. The van der Waals surface area contributed by atoms with E-state index in [9.17, 15) is 15.2 Å². The molecule has 1 aromatic heterocycles. The van der Waals surface area contributed by atoms with E-state index in [0.717, 1.165) is 25.7 Å². The average molecular weight is 280 g/mol. The first-order valence-electron chi connectivity index (χ1n) is 6.85. The average Bonchev–Trinajstić information content (AvgIpc) is 2.46. The largest absolute Gasteiger partial charge is 0.393 e. The van der Waals surface area contributed by atoms with Crippen LogP contribution in [0.4, 0.5) is 17.3 Å². The topological polar surface area (TPSA) is 100 Å². The lowest BCUT2D eigenvalue weighted by Crippen LogP contribution is -2.24. The molecule has 0 aromatic carbocycles. The molecule has 3 N–H and O–H groups in total. The minimum Gasteiger partial charge on any atom is -0.393 e. The maximum Gasteiger partial charge on any atom is 0.311 e. The SMILES string of the molecule is CNc1ccc([N+](=O)[O-])c(NCC2CCC(O)CC2)n1. The third-order valence-electron chi connectivity index (χ3n) is 3.70. The number of nitrogens with zero attached hydrogens (tertiary/aromatic N) is 2. The van der Waals surface area contributed by atoms with Gasteiger partial charge in [0.15, 0.2) is 0 Å². The van der Waals surface area contributed by atoms with Crippen molar-refractivity contribution in [2.45, 2.75) is 31.8 Å². The van der Waals surface area contributed by atoms with Crippen LogP contribution in [0.2, 0.25) is 0 Å². The van der Waals surface area contributed by atoms with Gasteiger partial charge in [-0.15, -0.1) is 0 Å². The van der Waals surface area contributed by atoms with Crippen LogP contribution in [0.1, 0.15) is 25.7 Å². The van der Waals surface area contributed by atoms with Crippen molar-refractivity contribution in [1.82, 2.24) is 4.98 Å². The molecule has 7 heteroatoms. The van der Waals surface area contributed by atoms with Gasteiger partial charge in [0.05, 0.1) is 11.0 Å². The van der Waals surface area contributed by atoms with Crippen LogP contribution in [-0.4, -0.2) is 34.7 Å². The summed E-state index contributed by atoms with van der Waals surface area (Å²) in [7, 11) is 1.72. The molecule has 1 aliphatic rings. The van der Waals surface area contributed by atoms with Crippen molar-refractivity contribution in [3.8, 4) is 0 Å². The molecular weight excluding hydrogens is 260 g/mol. The lowest BCUT2D eigenvalue weighted by Gasteiger charge is -2.25. The molecule has 0 saturated heterocycles. The first-order chi connectivity index (χ1) is 9.60. The summed E-state index contributed by atoms with van der Waals surface area (Å²) in [5, 5.41) is 26.4. The van der Waals surface area contributed by atoms with Crippen molar-refractivity contribution in [2.24, 2.45) is 5.92 Å². The molecule has 0 bridgehead atoms. The molecule has 0 spiro atoms. The van der Waals surface area contributed by atoms with E-state index in [0.29, 0.717) is 24.1 Å². The summed E-state index contributed by atoms with van der Waals surface area (Å²) in [6, 6.07) is 3.03. The van der Waals surface area contributed by atoms with E-state index in [-0.39, 0.29) is 11.8 Å². The summed E-state index contributed by atoms with van der Waals surface area (Å²) in [4.78, 5) is 14.8. The van der Waals surface area contributed by atoms with Gasteiger partial charge in [0.1, 0.15) is 5.82 Å². The van der Waals surface area contributed by atoms with Crippen LogP contribution >= 0.6 is 0 Å². The Balaban J connectivity index is 2.02. The van der Waals surface area contributed by atoms with Crippen LogP contribution in [0.3, 0.4) is 0 Å². The number of nitrogens with one attached hydrogen (secondary N) is 2. The Hall–Kier alpha value is -1.89. The molecule has 0 amide bonds. The summed E-state index contributed by atoms with van der Waals surface area (Å²) in [6.45, 7) is 0.647. The quantitative estimate of drug-likeness (QED) is 0.563. The van der Waals surface area contributed by atoms with Crippen LogP contribution in [-0.2, 0) is 0 Å². The lowest BCUT2D eigenvalue weighted by atomic mass is 9.87. The van der Waals surface area contributed by atoms with Gasteiger partial charge in [-0.1, -0.05) is 0 Å². The Bertz CT molecular complexity index is 473. The number of nitro groups is 1. The van der Waals surface area contributed by atoms with Gasteiger partial charge in [0.2, 0.25) is 5.82 Å². The smallest absolute Gasteiger partial charge is 0.311 e. The zero-order valence-corrected chi connectivity index (χ0v) is 11.5. The second-order valence-corrected chi connectivity index (χ2v) is 5.13. The molecule has 110 valence electrons. The van der Waals surface area contributed by atoms with Gasteiger partial charge in [-0.25, -0.2) is 4.98 Å². The van der Waals surface area contributed by atoms with E-state index >= 15 is 0 Å². The summed E-state index contributed by atoms with van der Waals surface area (Å²) < 4.78 is 0. The first-order valence-corrected chi connectivity index (χ1v) is 6.85. The van der Waals surface area contributed by atoms with Gasteiger partial charge < -0.3 is 15.7 Å². The number of aliphatic hydroxyl groups excluding tert-OH is 1. The van der Waals surface area contributed by atoms with Gasteiger partial charge in [0.25, 0.3) is 0 Å². The van der Waals surface area contributed by atoms with Crippen molar-refractivity contribution < 1.29 is 10.0 Å². The minimum atomic E-state index is -0.431. The Morgan fingerprint density at radius 2 is 2.10 bits per heavy atom. The Kier molecular flexibility index (Phi) is 4.73. The van der Waals surface area contributed by atoms with E-state index in [1.54, 1.807) is 13.1 Å². The number of aliphatic hydroxyl groups is 1. The zero-order chi connectivity index (χ0) is 14.5. The fourth-order valence-corrected chi connectivity index (χ4v) is 2.46. The molecule has 1 aliphatic carbocycles. The maximum atomic E-state index is 11.0.